The van der Waals surface area contributed by atoms with E-state index in [0.29, 0.717) is 0 Å². The Balaban J connectivity index is 3.11. The van der Waals surface area contributed by atoms with Crippen molar-refractivity contribution in [1.29, 1.82) is 0 Å². The van der Waals surface area contributed by atoms with E-state index in [1.807, 2.05) is 0 Å². The van der Waals surface area contributed by atoms with Crippen molar-refractivity contribution < 1.29 is 23.4 Å². The van der Waals surface area contributed by atoms with Gasteiger partial charge >= 0.3 is 5.97 Å². The van der Waals surface area contributed by atoms with Crippen LogP contribution in [0.5, 0.6) is 5.75 Å². The second-order valence-corrected chi connectivity index (χ2v) is 2.48. The standard InChI is InChI=1S/C9H8F2O3/c1-2-14-9(13)5-3-4-6(10)8(12)7(5)11/h3-4,12H,2H2,1H3. The van der Waals surface area contributed by atoms with Crippen molar-refractivity contribution in [2.75, 3.05) is 6.61 Å². The second-order valence-electron chi connectivity index (χ2n) is 2.48. The van der Waals surface area contributed by atoms with Crippen molar-refractivity contribution in [2.24, 2.45) is 0 Å². The zero-order valence-corrected chi connectivity index (χ0v) is 7.38. The zero-order valence-electron chi connectivity index (χ0n) is 7.38. The minimum atomic E-state index is -1.30. The van der Waals surface area contributed by atoms with Gasteiger partial charge in [-0.1, -0.05) is 0 Å². The third-order valence-electron chi connectivity index (χ3n) is 1.56. The van der Waals surface area contributed by atoms with Gasteiger partial charge in [-0.2, -0.15) is 0 Å². The van der Waals surface area contributed by atoms with Gasteiger partial charge in [0, 0.05) is 0 Å². The highest BCUT2D eigenvalue weighted by molar-refractivity contribution is 5.90. The topological polar surface area (TPSA) is 46.5 Å². The smallest absolute Gasteiger partial charge is 0.341 e. The fraction of sp³-hybridized carbons (Fsp3) is 0.222. The molecule has 0 spiro atoms. The van der Waals surface area contributed by atoms with Gasteiger partial charge in [0.2, 0.25) is 0 Å². The molecule has 0 aliphatic heterocycles. The van der Waals surface area contributed by atoms with E-state index >= 15 is 0 Å². The molecule has 0 fully saturated rings. The van der Waals surface area contributed by atoms with E-state index in [4.69, 9.17) is 5.11 Å². The van der Waals surface area contributed by atoms with Crippen LogP contribution in [0.25, 0.3) is 0 Å². The number of halogens is 2. The molecular formula is C9H8F2O3. The lowest BCUT2D eigenvalue weighted by Gasteiger charge is -2.04. The molecule has 0 saturated heterocycles. The molecule has 0 aliphatic carbocycles. The summed E-state index contributed by atoms with van der Waals surface area (Å²) in [6.45, 7) is 1.63. The Morgan fingerprint density at radius 2 is 2.14 bits per heavy atom. The number of ether oxygens (including phenoxy) is 1. The number of carbonyl (C=O) groups excluding carboxylic acids is 1. The SMILES string of the molecule is CCOC(=O)c1ccc(F)c(O)c1F. The lowest BCUT2D eigenvalue weighted by Crippen LogP contribution is -2.07. The van der Waals surface area contributed by atoms with Gasteiger partial charge in [-0.05, 0) is 19.1 Å². The van der Waals surface area contributed by atoms with Gasteiger partial charge < -0.3 is 9.84 Å². The number of phenols is 1. The third-order valence-corrected chi connectivity index (χ3v) is 1.56. The molecule has 14 heavy (non-hydrogen) atoms. The lowest BCUT2D eigenvalue weighted by atomic mass is 10.2. The van der Waals surface area contributed by atoms with Crippen molar-refractivity contribution in [3.63, 3.8) is 0 Å². The number of benzene rings is 1. The summed E-state index contributed by atoms with van der Waals surface area (Å²) in [4.78, 5) is 11.0. The number of hydrogen-bond donors (Lipinski definition) is 1. The van der Waals surface area contributed by atoms with Crippen molar-refractivity contribution in [2.45, 2.75) is 6.92 Å². The maximum atomic E-state index is 13.0. The van der Waals surface area contributed by atoms with Gasteiger partial charge in [-0.3, -0.25) is 0 Å². The van der Waals surface area contributed by atoms with E-state index in [-0.39, 0.29) is 6.61 Å². The molecule has 76 valence electrons. The van der Waals surface area contributed by atoms with Crippen LogP contribution < -0.4 is 0 Å². The predicted octanol–water partition coefficient (Wildman–Crippen LogP) is 1.85. The average Bonchev–Trinajstić information content (AvgIpc) is 2.15. The van der Waals surface area contributed by atoms with Gasteiger partial charge in [-0.15, -0.1) is 0 Å². The van der Waals surface area contributed by atoms with E-state index < -0.39 is 28.9 Å². The van der Waals surface area contributed by atoms with Crippen LogP contribution in [0.3, 0.4) is 0 Å². The van der Waals surface area contributed by atoms with Crippen LogP contribution in [0, 0.1) is 11.6 Å². The monoisotopic (exact) mass is 202 g/mol. The Labute approximate surface area is 78.9 Å². The molecule has 0 heterocycles. The molecule has 1 aromatic rings. The molecule has 0 bridgehead atoms. The molecule has 1 rings (SSSR count). The number of rotatable bonds is 2. The van der Waals surface area contributed by atoms with Crippen LogP contribution in [-0.2, 0) is 4.74 Å². The minimum Gasteiger partial charge on any atom is -0.503 e. The summed E-state index contributed by atoms with van der Waals surface area (Å²) >= 11 is 0. The maximum Gasteiger partial charge on any atom is 0.341 e. The van der Waals surface area contributed by atoms with Crippen molar-refractivity contribution in [3.05, 3.63) is 29.3 Å². The van der Waals surface area contributed by atoms with Gasteiger partial charge in [-0.25, -0.2) is 13.6 Å². The summed E-state index contributed by atoms with van der Waals surface area (Å²) in [7, 11) is 0. The Morgan fingerprint density at radius 1 is 1.50 bits per heavy atom. The van der Waals surface area contributed by atoms with Gasteiger partial charge in [0.05, 0.1) is 12.2 Å². The van der Waals surface area contributed by atoms with Gasteiger partial charge in [0.25, 0.3) is 0 Å². The first-order valence-electron chi connectivity index (χ1n) is 3.92. The zero-order chi connectivity index (χ0) is 10.7. The summed E-state index contributed by atoms with van der Waals surface area (Å²) in [5.41, 5.74) is -0.481. The molecule has 0 aromatic heterocycles. The summed E-state index contributed by atoms with van der Waals surface area (Å²) < 4.78 is 30.1. The molecule has 1 N–H and O–H groups in total. The molecule has 5 heteroatoms. The second kappa shape index (κ2) is 4.04. The quantitative estimate of drug-likeness (QED) is 0.744. The third kappa shape index (κ3) is 1.81. The van der Waals surface area contributed by atoms with Gasteiger partial charge in [0.1, 0.15) is 0 Å². The summed E-state index contributed by atoms with van der Waals surface area (Å²) in [5.74, 6) is -4.52. The van der Waals surface area contributed by atoms with Crippen LogP contribution in [-0.4, -0.2) is 17.7 Å². The maximum absolute atomic E-state index is 13.0. The molecular weight excluding hydrogens is 194 g/mol. The largest absolute Gasteiger partial charge is 0.503 e. The number of phenolic OH excluding ortho intramolecular Hbond substituents is 1. The average molecular weight is 202 g/mol. The van der Waals surface area contributed by atoms with E-state index in [2.05, 4.69) is 4.74 Å². The number of esters is 1. The molecule has 0 saturated carbocycles. The van der Waals surface area contributed by atoms with Crippen LogP contribution in [0.1, 0.15) is 17.3 Å². The first-order valence-corrected chi connectivity index (χ1v) is 3.92. The molecule has 3 nitrogen and oxygen atoms in total. The highest BCUT2D eigenvalue weighted by Crippen LogP contribution is 2.23. The number of carbonyl (C=O) groups is 1. The first kappa shape index (κ1) is 10.4. The number of hydrogen-bond acceptors (Lipinski definition) is 3. The molecule has 0 atom stereocenters. The van der Waals surface area contributed by atoms with Crippen LogP contribution in [0.4, 0.5) is 8.78 Å². The van der Waals surface area contributed by atoms with E-state index in [1.54, 1.807) is 6.92 Å². The predicted molar refractivity (Wildman–Crippen MR) is 44.0 cm³/mol. The van der Waals surface area contributed by atoms with Crippen LogP contribution >= 0.6 is 0 Å². The summed E-state index contributed by atoms with van der Waals surface area (Å²) in [6.07, 6.45) is 0. The van der Waals surface area contributed by atoms with E-state index in [0.717, 1.165) is 12.1 Å². The Kier molecular flexibility index (Phi) is 3.01. The van der Waals surface area contributed by atoms with Gasteiger partial charge in [0.15, 0.2) is 17.4 Å². The first-order chi connectivity index (χ1) is 6.57. The highest BCUT2D eigenvalue weighted by Gasteiger charge is 2.18. The van der Waals surface area contributed by atoms with Crippen molar-refractivity contribution in [1.82, 2.24) is 0 Å². The fourth-order valence-electron chi connectivity index (χ4n) is 0.907. The van der Waals surface area contributed by atoms with Crippen LogP contribution in [0.2, 0.25) is 0 Å². The van der Waals surface area contributed by atoms with Crippen LogP contribution in [0.15, 0.2) is 12.1 Å². The molecule has 0 unspecified atom stereocenters. The molecule has 0 amide bonds. The fourth-order valence-corrected chi connectivity index (χ4v) is 0.907. The lowest BCUT2D eigenvalue weighted by molar-refractivity contribution is 0.0520. The summed E-state index contributed by atoms with van der Waals surface area (Å²) in [5, 5.41) is 8.85. The highest BCUT2D eigenvalue weighted by atomic mass is 19.1. The molecule has 1 aromatic carbocycles. The van der Waals surface area contributed by atoms with Crippen molar-refractivity contribution in [3.8, 4) is 5.75 Å². The van der Waals surface area contributed by atoms with E-state index in [9.17, 15) is 13.6 Å². The molecule has 0 radical (unpaired) electrons. The normalized spacial score (nSPS) is 9.93. The minimum absolute atomic E-state index is 0.0798. The Hall–Kier alpha value is -1.65. The number of aromatic hydroxyl groups is 1. The Bertz CT molecular complexity index is 363. The Morgan fingerprint density at radius 3 is 2.71 bits per heavy atom. The summed E-state index contributed by atoms with van der Waals surface area (Å²) in [6, 6.07) is 1.72. The molecule has 0 aliphatic rings. The van der Waals surface area contributed by atoms with Crippen molar-refractivity contribution >= 4 is 5.97 Å². The van der Waals surface area contributed by atoms with E-state index in [1.165, 1.54) is 0 Å².